The van der Waals surface area contributed by atoms with Gasteiger partial charge in [0.2, 0.25) is 0 Å². The second kappa shape index (κ2) is 5.50. The van der Waals surface area contributed by atoms with E-state index in [0.717, 1.165) is 6.92 Å². The van der Waals surface area contributed by atoms with Crippen LogP contribution >= 0.6 is 0 Å². The number of hydrogen-bond acceptors (Lipinski definition) is 4. The van der Waals surface area contributed by atoms with E-state index in [2.05, 4.69) is 4.18 Å². The molecule has 70 valence electrons. The first kappa shape index (κ1) is 13.6. The van der Waals surface area contributed by atoms with Gasteiger partial charge in [-0.3, -0.25) is 4.79 Å². The van der Waals surface area contributed by atoms with Crippen LogP contribution in [0.3, 0.4) is 0 Å². The Kier molecular flexibility index (Phi) is 5.36. The minimum Gasteiger partial charge on any atom is -0.343 e. The van der Waals surface area contributed by atoms with Crippen LogP contribution in [0.5, 0.6) is 0 Å². The van der Waals surface area contributed by atoms with E-state index in [0.29, 0.717) is 0 Å². The average Bonchev–Trinajstić information content (AvgIpc) is 2.04. The molecule has 0 N–H and O–H groups in total. The Bertz CT molecular complexity index is 399. The monoisotopic (exact) mass is 223 g/mol. The molecule has 0 unspecified atom stereocenters. The summed E-state index contributed by atoms with van der Waals surface area (Å²) in [4.78, 5) is 10.4. The summed E-state index contributed by atoms with van der Waals surface area (Å²) in [5, 5.41) is 0. The van der Waals surface area contributed by atoms with E-state index < -0.39 is 16.1 Å². The predicted molar refractivity (Wildman–Crippen MR) is 45.4 cm³/mol. The maximum atomic E-state index is 11.2. The van der Waals surface area contributed by atoms with Crippen LogP contribution in [0.25, 0.3) is 0 Å². The molecule has 1 rings (SSSR count). The minimum absolute atomic E-state index is 0. The molecule has 0 amide bonds. The summed E-state index contributed by atoms with van der Waals surface area (Å²) in [6.45, 7) is 1.04. The van der Waals surface area contributed by atoms with Gasteiger partial charge in [0.15, 0.2) is 0 Å². The fourth-order valence-electron chi connectivity index (χ4n) is 0.790. The summed E-state index contributed by atoms with van der Waals surface area (Å²) in [5.74, 6) is -0.844. The van der Waals surface area contributed by atoms with E-state index >= 15 is 0 Å². The third kappa shape index (κ3) is 3.79. The summed E-state index contributed by atoms with van der Waals surface area (Å²) in [5.41, 5.74) is 0. The molecule has 0 aliphatic heterocycles. The van der Waals surface area contributed by atoms with Crippen molar-refractivity contribution in [1.82, 2.24) is 0 Å². The summed E-state index contributed by atoms with van der Waals surface area (Å²) in [7, 11) is -3.91. The van der Waals surface area contributed by atoms with Crippen molar-refractivity contribution < 1.29 is 47.0 Å². The maximum Gasteiger partial charge on any atom is 1.00 e. The van der Waals surface area contributed by atoms with Crippen LogP contribution in [0.4, 0.5) is 0 Å². The minimum atomic E-state index is -3.91. The molecule has 14 heavy (non-hydrogen) atoms. The van der Waals surface area contributed by atoms with E-state index in [-0.39, 0.29) is 34.5 Å². The first-order chi connectivity index (χ1) is 6.02. The van der Waals surface area contributed by atoms with Crippen molar-refractivity contribution in [2.24, 2.45) is 0 Å². The molecule has 0 aliphatic rings. The van der Waals surface area contributed by atoms with Crippen molar-refractivity contribution in [2.45, 2.75) is 11.8 Å². The zero-order chi connectivity index (χ0) is 9.90. The smallest absolute Gasteiger partial charge is 0.343 e. The number of carbonyl (C=O) groups excluding carboxylic acids is 1. The second-order valence-electron chi connectivity index (χ2n) is 2.34. The fourth-order valence-corrected chi connectivity index (χ4v) is 1.69. The van der Waals surface area contributed by atoms with E-state index in [9.17, 15) is 13.2 Å². The van der Waals surface area contributed by atoms with Gasteiger partial charge < -0.3 is 4.18 Å². The van der Waals surface area contributed by atoms with Crippen LogP contribution in [0.15, 0.2) is 35.2 Å². The Labute approximate surface area is 105 Å². The molecule has 0 saturated heterocycles. The largest absolute Gasteiger partial charge is 1.00 e. The Morgan fingerprint density at radius 3 is 2.14 bits per heavy atom. The molecule has 0 aromatic heterocycles. The van der Waals surface area contributed by atoms with Gasteiger partial charge in [0, 0.05) is 6.92 Å². The van der Waals surface area contributed by atoms with Gasteiger partial charge in [0.05, 0.1) is 0 Å². The van der Waals surface area contributed by atoms with Crippen molar-refractivity contribution in [1.29, 1.82) is 0 Å². The van der Waals surface area contributed by atoms with Crippen molar-refractivity contribution in [3.8, 4) is 0 Å². The van der Waals surface area contributed by atoms with E-state index in [4.69, 9.17) is 0 Å². The van der Waals surface area contributed by atoms with Crippen molar-refractivity contribution >= 4 is 16.1 Å². The molecule has 0 atom stereocenters. The number of benzene rings is 1. The van der Waals surface area contributed by atoms with Crippen LogP contribution in [-0.2, 0) is 19.1 Å². The van der Waals surface area contributed by atoms with E-state index in [1.165, 1.54) is 12.1 Å². The quantitative estimate of drug-likeness (QED) is 0.427. The van der Waals surface area contributed by atoms with E-state index in [1.54, 1.807) is 18.2 Å². The third-order valence-corrected chi connectivity index (χ3v) is 2.56. The van der Waals surface area contributed by atoms with Gasteiger partial charge in [0.25, 0.3) is 0 Å². The van der Waals surface area contributed by atoms with Crippen LogP contribution in [0, 0.1) is 0 Å². The summed E-state index contributed by atoms with van der Waals surface area (Å²) in [6, 6.07) is 7.50. The predicted octanol–water partition coefficient (Wildman–Crippen LogP) is -2.06. The molecule has 6 heteroatoms. The molecule has 0 spiro atoms. The van der Waals surface area contributed by atoms with E-state index in [1.807, 2.05) is 0 Å². The molecule has 0 fully saturated rings. The SMILES string of the molecule is CC(=O)OS(=O)(=O)c1ccccc1.[Na+]. The molecule has 1 aromatic rings. The molecule has 0 radical (unpaired) electrons. The maximum absolute atomic E-state index is 11.2. The fraction of sp³-hybridized carbons (Fsp3) is 0.125. The molecular weight excluding hydrogens is 215 g/mol. The molecule has 4 nitrogen and oxygen atoms in total. The molecule has 0 aliphatic carbocycles. The molecule has 1 aromatic carbocycles. The molecule has 0 bridgehead atoms. The normalized spacial score (nSPS) is 10.1. The second-order valence-corrected chi connectivity index (χ2v) is 3.89. The Balaban J connectivity index is 0.00000169. The van der Waals surface area contributed by atoms with Gasteiger partial charge in [-0.25, -0.2) is 0 Å². The summed E-state index contributed by atoms with van der Waals surface area (Å²) in [6.07, 6.45) is 0. The Morgan fingerprint density at radius 1 is 1.21 bits per heavy atom. The van der Waals surface area contributed by atoms with Gasteiger partial charge in [-0.05, 0) is 12.1 Å². The van der Waals surface area contributed by atoms with Crippen molar-refractivity contribution in [2.75, 3.05) is 0 Å². The number of hydrogen-bond donors (Lipinski definition) is 0. The van der Waals surface area contributed by atoms with Crippen molar-refractivity contribution in [3.63, 3.8) is 0 Å². The Morgan fingerprint density at radius 2 is 1.71 bits per heavy atom. The zero-order valence-electron chi connectivity index (χ0n) is 7.93. The summed E-state index contributed by atoms with van der Waals surface area (Å²) >= 11 is 0. The van der Waals surface area contributed by atoms with Gasteiger partial charge in [0.1, 0.15) is 4.90 Å². The Hall–Kier alpha value is -0.360. The molecular formula is C8H8NaO4S+. The van der Waals surface area contributed by atoms with Crippen LogP contribution in [-0.4, -0.2) is 14.4 Å². The topological polar surface area (TPSA) is 60.4 Å². The van der Waals surface area contributed by atoms with Crippen molar-refractivity contribution in [3.05, 3.63) is 30.3 Å². The first-order valence-electron chi connectivity index (χ1n) is 3.52. The average molecular weight is 223 g/mol. The third-order valence-electron chi connectivity index (χ3n) is 1.26. The molecule has 0 heterocycles. The number of carbonyl (C=O) groups is 1. The van der Waals surface area contributed by atoms with Crippen LogP contribution < -0.4 is 29.6 Å². The first-order valence-corrected chi connectivity index (χ1v) is 4.93. The van der Waals surface area contributed by atoms with Crippen LogP contribution in [0.1, 0.15) is 6.92 Å². The van der Waals surface area contributed by atoms with Gasteiger partial charge >= 0.3 is 45.6 Å². The van der Waals surface area contributed by atoms with Crippen LogP contribution in [0.2, 0.25) is 0 Å². The molecule has 0 saturated carbocycles. The standard InChI is InChI=1S/C8H8O4S.Na/c1-7(9)12-13(10,11)8-5-3-2-4-6-8;/h2-6H,1H3;/q;+1. The number of rotatable bonds is 2. The van der Waals surface area contributed by atoms with Gasteiger partial charge in [-0.15, -0.1) is 0 Å². The zero-order valence-corrected chi connectivity index (χ0v) is 10.7. The van der Waals surface area contributed by atoms with Gasteiger partial charge in [-0.2, -0.15) is 8.42 Å². The summed E-state index contributed by atoms with van der Waals surface area (Å²) < 4.78 is 26.6. The van der Waals surface area contributed by atoms with Gasteiger partial charge in [-0.1, -0.05) is 18.2 Å².